The Bertz CT molecular complexity index is 1550. The third-order valence-corrected chi connectivity index (χ3v) is 8.65. The number of unbranched alkanes of at least 4 members (excludes halogenated alkanes) is 2. The minimum Gasteiger partial charge on any atom is -0.474 e. The highest BCUT2D eigenvalue weighted by atomic mass is 79.9. The molecule has 43 heavy (non-hydrogen) atoms. The van der Waals surface area contributed by atoms with Crippen molar-refractivity contribution in [2.24, 2.45) is 0 Å². The smallest absolute Gasteiger partial charge is 0.394 e. The Kier molecular flexibility index (Phi) is 11.7. The average Bonchev–Trinajstić information content (AvgIpc) is 3.02. The van der Waals surface area contributed by atoms with Gasteiger partial charge in [0, 0.05) is 34.1 Å². The van der Waals surface area contributed by atoms with E-state index < -0.39 is 11.9 Å². The van der Waals surface area contributed by atoms with E-state index in [9.17, 15) is 19.5 Å². The van der Waals surface area contributed by atoms with Gasteiger partial charge in [-0.2, -0.15) is 0 Å². The van der Waals surface area contributed by atoms with Crippen LogP contribution in [0.5, 0.6) is 0 Å². The fraction of sp³-hybridized carbons (Fsp3) is 0.229. The molecule has 6 nitrogen and oxygen atoms in total. The van der Waals surface area contributed by atoms with E-state index in [2.05, 4.69) is 56.2 Å². The number of hydrogen-bond acceptors (Lipinski definition) is 3. The summed E-state index contributed by atoms with van der Waals surface area (Å²) in [4.78, 5) is 38.9. The number of nitrogens with one attached hydrogen (secondary N) is 1. The van der Waals surface area contributed by atoms with Gasteiger partial charge in [0.1, 0.15) is 0 Å². The van der Waals surface area contributed by atoms with Crippen molar-refractivity contribution in [3.05, 3.63) is 128 Å². The maximum absolute atomic E-state index is 13.0. The van der Waals surface area contributed by atoms with Crippen LogP contribution in [0.25, 0.3) is 11.1 Å². The summed E-state index contributed by atoms with van der Waals surface area (Å²) in [5.74, 6) is -2.79. The fourth-order valence-corrected chi connectivity index (χ4v) is 6.30. The molecular formula is C35H34Br2N2O4. The molecule has 0 atom stereocenters. The first-order chi connectivity index (χ1) is 20.8. The Morgan fingerprint density at radius 2 is 1.42 bits per heavy atom. The summed E-state index contributed by atoms with van der Waals surface area (Å²) in [7, 11) is 0. The lowest BCUT2D eigenvalue weighted by Gasteiger charge is -2.24. The van der Waals surface area contributed by atoms with Gasteiger partial charge in [0.2, 0.25) is 0 Å². The van der Waals surface area contributed by atoms with Gasteiger partial charge in [-0.1, -0.05) is 130 Å². The number of benzene rings is 4. The van der Waals surface area contributed by atoms with Crippen LogP contribution in [0.3, 0.4) is 0 Å². The third-order valence-electron chi connectivity index (χ3n) is 7.23. The van der Waals surface area contributed by atoms with Crippen LogP contribution in [0.2, 0.25) is 0 Å². The molecule has 2 N–H and O–H groups in total. The molecule has 0 bridgehead atoms. The monoisotopic (exact) mass is 704 g/mol. The minimum atomic E-state index is -1.53. The number of halogens is 2. The second kappa shape index (κ2) is 15.6. The van der Waals surface area contributed by atoms with Gasteiger partial charge < -0.3 is 15.3 Å². The van der Waals surface area contributed by atoms with Crippen LogP contribution in [-0.4, -0.2) is 27.8 Å². The summed E-state index contributed by atoms with van der Waals surface area (Å²) >= 11 is 7.10. The van der Waals surface area contributed by atoms with E-state index in [1.165, 1.54) is 29.7 Å². The Morgan fingerprint density at radius 3 is 2.07 bits per heavy atom. The molecule has 0 saturated heterocycles. The van der Waals surface area contributed by atoms with Crippen LogP contribution in [0, 0.1) is 0 Å². The van der Waals surface area contributed by atoms with Crippen molar-refractivity contribution >= 4 is 49.6 Å². The Morgan fingerprint density at radius 1 is 0.791 bits per heavy atom. The number of amides is 2. The predicted molar refractivity (Wildman–Crippen MR) is 176 cm³/mol. The first-order valence-electron chi connectivity index (χ1n) is 14.3. The zero-order valence-corrected chi connectivity index (χ0v) is 27.2. The number of nitrogens with zero attached hydrogens (tertiary/aromatic N) is 1. The van der Waals surface area contributed by atoms with E-state index in [1.807, 2.05) is 66.7 Å². The van der Waals surface area contributed by atoms with Crippen LogP contribution in [0.15, 0.2) is 99.9 Å². The zero-order valence-electron chi connectivity index (χ0n) is 24.0. The lowest BCUT2D eigenvalue weighted by molar-refractivity contribution is -0.156. The van der Waals surface area contributed by atoms with E-state index >= 15 is 0 Å². The van der Waals surface area contributed by atoms with Gasteiger partial charge in [-0.25, -0.2) is 4.79 Å². The number of carbonyl (C=O) groups excluding carboxylic acids is 2. The van der Waals surface area contributed by atoms with E-state index in [0.717, 1.165) is 28.7 Å². The maximum Gasteiger partial charge on any atom is 0.394 e. The summed E-state index contributed by atoms with van der Waals surface area (Å²) in [6, 6.07) is 29.1. The largest absolute Gasteiger partial charge is 0.474 e. The molecule has 8 heteroatoms. The second-order valence-electron chi connectivity index (χ2n) is 10.4. The third kappa shape index (κ3) is 8.88. The van der Waals surface area contributed by atoms with Gasteiger partial charge in [-0.05, 0) is 58.4 Å². The molecule has 222 valence electrons. The Hall–Kier alpha value is -3.75. The van der Waals surface area contributed by atoms with E-state index in [0.29, 0.717) is 26.6 Å². The van der Waals surface area contributed by atoms with Crippen molar-refractivity contribution in [3.8, 4) is 11.1 Å². The predicted octanol–water partition coefficient (Wildman–Crippen LogP) is 8.15. The number of carboxylic acids is 1. The van der Waals surface area contributed by atoms with Gasteiger partial charge in [0.25, 0.3) is 5.91 Å². The summed E-state index contributed by atoms with van der Waals surface area (Å²) in [6.45, 7) is 2.70. The molecule has 0 radical (unpaired) electrons. The van der Waals surface area contributed by atoms with Crippen molar-refractivity contribution in [1.29, 1.82) is 0 Å². The summed E-state index contributed by atoms with van der Waals surface area (Å²) in [5, 5.41) is 12.6. The summed E-state index contributed by atoms with van der Waals surface area (Å²) < 4.78 is 1.17. The molecule has 0 aliphatic carbocycles. The second-order valence-corrected chi connectivity index (χ2v) is 12.1. The topological polar surface area (TPSA) is 86.7 Å². The number of rotatable bonds is 12. The van der Waals surface area contributed by atoms with Gasteiger partial charge in [0.05, 0.1) is 0 Å². The molecule has 0 saturated carbocycles. The van der Waals surface area contributed by atoms with Crippen LogP contribution >= 0.6 is 31.9 Å². The van der Waals surface area contributed by atoms with Crippen LogP contribution in [0.1, 0.15) is 58.8 Å². The summed E-state index contributed by atoms with van der Waals surface area (Å²) in [6.07, 6.45) is 4.65. The zero-order chi connectivity index (χ0) is 30.8. The molecule has 0 aliphatic rings. The van der Waals surface area contributed by atoms with Gasteiger partial charge >= 0.3 is 11.9 Å². The molecule has 4 rings (SSSR count). The lowest BCUT2D eigenvalue weighted by atomic mass is 9.99. The summed E-state index contributed by atoms with van der Waals surface area (Å²) in [5.41, 5.74) is 6.11. The van der Waals surface area contributed by atoms with Crippen LogP contribution in [0.4, 0.5) is 0 Å². The first kappa shape index (κ1) is 32.2. The molecule has 0 spiro atoms. The normalized spacial score (nSPS) is 10.8. The molecular weight excluding hydrogens is 672 g/mol. The number of carboxylic acid groups (broad SMARTS) is 1. The molecule has 2 amide bonds. The van der Waals surface area contributed by atoms with E-state index in [-0.39, 0.29) is 19.0 Å². The van der Waals surface area contributed by atoms with E-state index in [1.54, 1.807) is 12.1 Å². The highest BCUT2D eigenvalue weighted by Gasteiger charge is 2.25. The van der Waals surface area contributed by atoms with Crippen LogP contribution < -0.4 is 5.32 Å². The fourth-order valence-electron chi connectivity index (χ4n) is 4.86. The number of hydrogen-bond donors (Lipinski definition) is 2. The van der Waals surface area contributed by atoms with Crippen molar-refractivity contribution < 1.29 is 19.5 Å². The molecule has 0 fully saturated rings. The van der Waals surface area contributed by atoms with Crippen LogP contribution in [-0.2, 0) is 35.6 Å². The molecule has 0 heterocycles. The highest BCUT2D eigenvalue weighted by molar-refractivity contribution is 9.11. The highest BCUT2D eigenvalue weighted by Crippen LogP contribution is 2.31. The van der Waals surface area contributed by atoms with Crippen molar-refractivity contribution in [1.82, 2.24) is 10.2 Å². The SMILES string of the molecule is CCCCCc1ccc(CNC(=O)c2cc(Br)c(CN(Cc3ccccc3-c3ccccc3)C(=O)C(=O)O)c(Br)c2)cc1. The van der Waals surface area contributed by atoms with Crippen molar-refractivity contribution in [2.75, 3.05) is 0 Å². The number of carbonyl (C=O) groups is 3. The number of aryl methyl sites for hydroxylation is 1. The minimum absolute atomic E-state index is 0.0158. The lowest BCUT2D eigenvalue weighted by Crippen LogP contribution is -2.36. The molecule has 0 aliphatic heterocycles. The Labute approximate surface area is 269 Å². The Balaban J connectivity index is 1.48. The molecule has 4 aromatic rings. The standard InChI is InChI=1S/C35H34Br2N2O4/c1-2-3-5-10-24-15-17-25(18-16-24)21-38-33(40)28-19-31(36)30(32(37)20-28)23-39(34(41)35(42)43)22-27-13-8-9-14-29(27)26-11-6-4-7-12-26/h4,6-9,11-20H,2-3,5,10,21-23H2,1H3,(H,38,40)(H,42,43). The first-order valence-corrected chi connectivity index (χ1v) is 15.8. The molecule has 0 unspecified atom stereocenters. The van der Waals surface area contributed by atoms with Gasteiger partial charge in [-0.15, -0.1) is 0 Å². The van der Waals surface area contributed by atoms with Gasteiger partial charge in [-0.3, -0.25) is 9.59 Å². The maximum atomic E-state index is 13.0. The number of aliphatic carboxylic acids is 1. The van der Waals surface area contributed by atoms with Gasteiger partial charge in [0.15, 0.2) is 0 Å². The van der Waals surface area contributed by atoms with E-state index in [4.69, 9.17) is 0 Å². The van der Waals surface area contributed by atoms with Crippen molar-refractivity contribution in [3.63, 3.8) is 0 Å². The quantitative estimate of drug-likeness (QED) is 0.115. The molecule has 4 aromatic carbocycles. The van der Waals surface area contributed by atoms with Crippen molar-refractivity contribution in [2.45, 2.75) is 52.2 Å². The average molecular weight is 706 g/mol. The molecule has 0 aromatic heterocycles.